The van der Waals surface area contributed by atoms with Gasteiger partial charge in [-0.25, -0.2) is 0 Å². The monoisotopic (exact) mass is 565 g/mol. The zero-order valence-electron chi connectivity index (χ0n) is 26.8. The predicted octanol–water partition coefficient (Wildman–Crippen LogP) is 12.2. The van der Waals surface area contributed by atoms with Crippen molar-refractivity contribution in [2.45, 2.75) is 194 Å². The summed E-state index contributed by atoms with van der Waals surface area (Å²) in [6.45, 7) is 4.50. The van der Waals surface area contributed by atoms with E-state index in [1.807, 2.05) is 0 Å². The number of hydrogen-bond acceptors (Lipinski definition) is 2. The normalized spacial score (nSPS) is 11.2. The first kappa shape index (κ1) is 40.6. The molecule has 40 heavy (non-hydrogen) atoms. The van der Waals surface area contributed by atoms with Crippen molar-refractivity contribution in [1.29, 1.82) is 0 Å². The summed E-state index contributed by atoms with van der Waals surface area (Å²) in [4.78, 5) is 20.7. The number of hydrogen-bond donors (Lipinski definition) is 2. The second kappa shape index (κ2) is 37.4. The third-order valence-electron chi connectivity index (χ3n) is 7.34. The molecule has 4 nitrogen and oxygen atoms in total. The van der Waals surface area contributed by atoms with Gasteiger partial charge >= 0.3 is 11.9 Å². The average molecular weight is 565 g/mol. The van der Waals surface area contributed by atoms with Gasteiger partial charge in [0.05, 0.1) is 0 Å². The summed E-state index contributed by atoms with van der Waals surface area (Å²) in [6.07, 6.45) is 42.5. The molecule has 2 N–H and O–H groups in total. The lowest BCUT2D eigenvalue weighted by Crippen LogP contribution is -1.93. The number of carboxylic acids is 2. The van der Waals surface area contributed by atoms with E-state index in [9.17, 15) is 9.59 Å². The molecular weight excluding hydrogens is 496 g/mol. The van der Waals surface area contributed by atoms with Crippen molar-refractivity contribution >= 4 is 11.9 Å². The summed E-state index contributed by atoms with van der Waals surface area (Å²) in [5, 5.41) is 17.0. The van der Waals surface area contributed by atoms with Crippen molar-refractivity contribution in [1.82, 2.24) is 0 Å². The minimum Gasteiger partial charge on any atom is -0.481 e. The summed E-state index contributed by atoms with van der Waals surface area (Å²) in [6, 6.07) is 0. The van der Waals surface area contributed by atoms with Gasteiger partial charge in [0, 0.05) is 12.8 Å². The highest BCUT2D eigenvalue weighted by molar-refractivity contribution is 5.66. The Morgan fingerprint density at radius 3 is 1.02 bits per heavy atom. The summed E-state index contributed by atoms with van der Waals surface area (Å²) in [7, 11) is 0. The Kier molecular flexibility index (Phi) is 37.9. The molecule has 0 aliphatic heterocycles. The number of unbranched alkanes of at least 4 members (excludes halogenated alkanes) is 22. The zero-order chi connectivity index (χ0) is 29.8. The Hall–Kier alpha value is -1.58. The predicted molar refractivity (Wildman–Crippen MR) is 174 cm³/mol. The fraction of sp³-hybridized carbons (Fsp3) is 0.833. The van der Waals surface area contributed by atoms with Gasteiger partial charge in [-0.05, 0) is 44.9 Å². The maximum Gasteiger partial charge on any atom is 0.303 e. The Bertz CT molecular complexity index is 567. The third-order valence-corrected chi connectivity index (χ3v) is 7.34. The Labute approximate surface area is 249 Å². The van der Waals surface area contributed by atoms with Crippen molar-refractivity contribution in [2.24, 2.45) is 0 Å². The molecule has 0 rings (SSSR count). The molecule has 0 aliphatic rings. The molecule has 0 aliphatic carbocycles. The molecule has 0 fully saturated rings. The van der Waals surface area contributed by atoms with E-state index < -0.39 is 11.9 Å². The van der Waals surface area contributed by atoms with Crippen LogP contribution in [0.25, 0.3) is 0 Å². The van der Waals surface area contributed by atoms with Gasteiger partial charge < -0.3 is 10.2 Å². The van der Waals surface area contributed by atoms with Gasteiger partial charge in [-0.15, -0.1) is 0 Å². The first-order chi connectivity index (χ1) is 19.5. The number of carbonyl (C=O) groups is 2. The second-order valence-corrected chi connectivity index (χ2v) is 11.5. The number of allylic oxidation sites excluding steroid dienone is 4. The Morgan fingerprint density at radius 1 is 0.400 bits per heavy atom. The van der Waals surface area contributed by atoms with E-state index in [1.165, 1.54) is 128 Å². The lowest BCUT2D eigenvalue weighted by Gasteiger charge is -2.03. The highest BCUT2D eigenvalue weighted by Crippen LogP contribution is 2.13. The molecule has 0 radical (unpaired) electrons. The first-order valence-electron chi connectivity index (χ1n) is 17.3. The van der Waals surface area contributed by atoms with E-state index in [0.717, 1.165) is 38.5 Å². The first-order valence-corrected chi connectivity index (χ1v) is 17.3. The fourth-order valence-corrected chi connectivity index (χ4v) is 4.74. The van der Waals surface area contributed by atoms with Gasteiger partial charge in [0.1, 0.15) is 0 Å². The van der Waals surface area contributed by atoms with Crippen molar-refractivity contribution in [3.05, 3.63) is 24.3 Å². The van der Waals surface area contributed by atoms with E-state index in [-0.39, 0.29) is 0 Å². The van der Waals surface area contributed by atoms with Crippen LogP contribution in [-0.4, -0.2) is 22.2 Å². The van der Waals surface area contributed by atoms with Crippen molar-refractivity contribution in [2.75, 3.05) is 0 Å². The molecule has 0 bridgehead atoms. The summed E-state index contributed by atoms with van der Waals surface area (Å²) >= 11 is 0. The van der Waals surface area contributed by atoms with Gasteiger partial charge in [-0.1, -0.05) is 160 Å². The van der Waals surface area contributed by atoms with Gasteiger partial charge in [-0.2, -0.15) is 0 Å². The van der Waals surface area contributed by atoms with Gasteiger partial charge in [0.2, 0.25) is 0 Å². The maximum absolute atomic E-state index is 10.3. The van der Waals surface area contributed by atoms with Crippen LogP contribution >= 0.6 is 0 Å². The zero-order valence-corrected chi connectivity index (χ0v) is 26.8. The largest absolute Gasteiger partial charge is 0.481 e. The highest BCUT2D eigenvalue weighted by atomic mass is 16.4. The van der Waals surface area contributed by atoms with Crippen LogP contribution in [0.1, 0.15) is 194 Å². The summed E-state index contributed by atoms with van der Waals surface area (Å²) in [5.41, 5.74) is 0. The molecule has 4 heteroatoms. The van der Waals surface area contributed by atoms with E-state index in [0.29, 0.717) is 12.8 Å². The molecule has 0 saturated heterocycles. The van der Waals surface area contributed by atoms with Crippen LogP contribution in [0.3, 0.4) is 0 Å². The molecule has 0 saturated carbocycles. The molecule has 0 atom stereocenters. The molecule has 236 valence electrons. The standard InChI is InChI=1S/C18H36O2.C18H32O2/c2*1-2-3-4-5-6-7-8-9-10-11-12-13-14-15-16-17-18(19)20/h2-17H2,1H3,(H,19,20);6-7,9-10H,2-5,8,11-17H2,1H3,(H,19,20)/b;7-6-,10-9-. The van der Waals surface area contributed by atoms with Crippen LogP contribution in [0.5, 0.6) is 0 Å². The molecule has 0 aromatic rings. The van der Waals surface area contributed by atoms with Crippen molar-refractivity contribution < 1.29 is 19.8 Å². The van der Waals surface area contributed by atoms with E-state index >= 15 is 0 Å². The summed E-state index contributed by atoms with van der Waals surface area (Å²) < 4.78 is 0. The smallest absolute Gasteiger partial charge is 0.303 e. The topological polar surface area (TPSA) is 74.6 Å². The lowest BCUT2D eigenvalue weighted by atomic mass is 10.0. The molecule has 0 heterocycles. The van der Waals surface area contributed by atoms with Crippen LogP contribution < -0.4 is 0 Å². The average Bonchev–Trinajstić information content (AvgIpc) is 2.93. The van der Waals surface area contributed by atoms with Crippen LogP contribution in [-0.2, 0) is 9.59 Å². The molecule has 0 unspecified atom stereocenters. The van der Waals surface area contributed by atoms with E-state index in [2.05, 4.69) is 38.2 Å². The molecular formula is C36H68O4. The minimum atomic E-state index is -0.671. The van der Waals surface area contributed by atoms with Gasteiger partial charge in [0.15, 0.2) is 0 Å². The van der Waals surface area contributed by atoms with Crippen LogP contribution in [0, 0.1) is 0 Å². The van der Waals surface area contributed by atoms with Crippen molar-refractivity contribution in [3.8, 4) is 0 Å². The van der Waals surface area contributed by atoms with Gasteiger partial charge in [-0.3, -0.25) is 9.59 Å². The Balaban J connectivity index is 0. The number of carboxylic acid groups (broad SMARTS) is 2. The number of aliphatic carboxylic acids is 2. The maximum atomic E-state index is 10.3. The SMILES string of the molecule is CCCCC/C=C\C/C=C\CCCCCCCC(=O)O.CCCCCCCCCCCCCCCCCC(=O)O. The third kappa shape index (κ3) is 43.5. The summed E-state index contributed by atoms with van der Waals surface area (Å²) in [5.74, 6) is -1.32. The van der Waals surface area contributed by atoms with Crippen LogP contribution in [0.4, 0.5) is 0 Å². The lowest BCUT2D eigenvalue weighted by molar-refractivity contribution is -0.138. The minimum absolute atomic E-state index is 0.324. The van der Waals surface area contributed by atoms with Crippen LogP contribution in [0.15, 0.2) is 24.3 Å². The van der Waals surface area contributed by atoms with Crippen molar-refractivity contribution in [3.63, 3.8) is 0 Å². The number of rotatable bonds is 30. The quantitative estimate of drug-likeness (QED) is 0.0672. The molecule has 0 amide bonds. The van der Waals surface area contributed by atoms with Crippen LogP contribution in [0.2, 0.25) is 0 Å². The second-order valence-electron chi connectivity index (χ2n) is 11.5. The van der Waals surface area contributed by atoms with E-state index in [1.54, 1.807) is 0 Å². The fourth-order valence-electron chi connectivity index (χ4n) is 4.74. The van der Waals surface area contributed by atoms with E-state index in [4.69, 9.17) is 10.2 Å². The Morgan fingerprint density at radius 2 is 0.675 bits per heavy atom. The molecule has 0 spiro atoms. The molecule has 0 aromatic heterocycles. The highest BCUT2D eigenvalue weighted by Gasteiger charge is 1.97. The van der Waals surface area contributed by atoms with Gasteiger partial charge in [0.25, 0.3) is 0 Å². The molecule has 0 aromatic carbocycles.